The van der Waals surface area contributed by atoms with E-state index in [1.165, 1.54) is 25.6 Å². The molecule has 2 heterocycles. The van der Waals surface area contributed by atoms with Gasteiger partial charge in [-0.25, -0.2) is 4.79 Å². The van der Waals surface area contributed by atoms with E-state index in [4.69, 9.17) is 9.84 Å². The van der Waals surface area contributed by atoms with Crippen LogP contribution in [0.15, 0.2) is 18.5 Å². The third-order valence-corrected chi connectivity index (χ3v) is 3.06. The zero-order chi connectivity index (χ0) is 14.0. The second-order valence-corrected chi connectivity index (χ2v) is 4.28. The van der Waals surface area contributed by atoms with Gasteiger partial charge in [0, 0.05) is 19.2 Å². The van der Waals surface area contributed by atoms with E-state index >= 15 is 0 Å². The maximum absolute atomic E-state index is 12.3. The van der Waals surface area contributed by atoms with Gasteiger partial charge >= 0.3 is 5.97 Å². The van der Waals surface area contributed by atoms with Crippen LogP contribution in [-0.4, -0.2) is 57.8 Å². The summed E-state index contributed by atoms with van der Waals surface area (Å²) in [5, 5.41) is 18.6. The van der Waals surface area contributed by atoms with Crippen molar-refractivity contribution in [2.24, 2.45) is 0 Å². The molecule has 2 atom stereocenters. The van der Waals surface area contributed by atoms with E-state index in [0.717, 1.165) is 4.90 Å². The Balaban J connectivity index is 2.30. The number of aliphatic hydroxyl groups excluding tert-OH is 1. The van der Waals surface area contributed by atoms with Crippen molar-refractivity contribution in [2.45, 2.75) is 18.6 Å². The van der Waals surface area contributed by atoms with Gasteiger partial charge in [-0.1, -0.05) is 0 Å². The van der Waals surface area contributed by atoms with Gasteiger partial charge in [0.25, 0.3) is 5.91 Å². The molecule has 2 rings (SSSR count). The molecule has 0 aliphatic carbocycles. The van der Waals surface area contributed by atoms with Crippen LogP contribution in [0.25, 0.3) is 0 Å². The van der Waals surface area contributed by atoms with Gasteiger partial charge in [-0.3, -0.25) is 9.78 Å². The van der Waals surface area contributed by atoms with Crippen LogP contribution in [0.4, 0.5) is 0 Å². The van der Waals surface area contributed by atoms with E-state index < -0.39 is 24.0 Å². The molecule has 1 fully saturated rings. The van der Waals surface area contributed by atoms with Crippen molar-refractivity contribution >= 4 is 11.9 Å². The standard InChI is InChI=1S/C12H14N2O5/c1-19-10-5-13-3-2-8(10)11(16)14-6-7(15)4-9(14)12(17)18/h2-3,5,7,9,15H,4,6H2,1H3,(H,17,18)/t7-,9-/m1/s1. The zero-order valence-electron chi connectivity index (χ0n) is 10.3. The fourth-order valence-electron chi connectivity index (χ4n) is 2.15. The fraction of sp³-hybridized carbons (Fsp3) is 0.417. The number of hydrogen-bond donors (Lipinski definition) is 2. The normalized spacial score (nSPS) is 22.3. The van der Waals surface area contributed by atoms with E-state index in [1.54, 1.807) is 0 Å². The quantitative estimate of drug-likeness (QED) is 0.782. The molecule has 0 saturated carbocycles. The average molecular weight is 266 g/mol. The van der Waals surface area contributed by atoms with E-state index in [-0.39, 0.29) is 24.3 Å². The topological polar surface area (TPSA) is 100.0 Å². The predicted octanol–water partition coefficient (Wildman–Crippen LogP) is -0.250. The third kappa shape index (κ3) is 2.50. The Hall–Kier alpha value is -2.15. The highest BCUT2D eigenvalue weighted by Crippen LogP contribution is 2.24. The summed E-state index contributed by atoms with van der Waals surface area (Å²) in [7, 11) is 1.40. The number of amides is 1. The monoisotopic (exact) mass is 266 g/mol. The molecule has 7 nitrogen and oxygen atoms in total. The number of pyridine rings is 1. The molecule has 1 amide bonds. The van der Waals surface area contributed by atoms with Crippen LogP contribution in [-0.2, 0) is 4.79 Å². The van der Waals surface area contributed by atoms with Gasteiger partial charge in [-0.2, -0.15) is 0 Å². The Kier molecular flexibility index (Phi) is 3.66. The maximum Gasteiger partial charge on any atom is 0.326 e. The molecule has 1 aliphatic heterocycles. The highest BCUT2D eigenvalue weighted by Gasteiger charge is 2.39. The molecule has 1 aromatic heterocycles. The molecule has 7 heteroatoms. The number of hydrogen-bond acceptors (Lipinski definition) is 5. The number of rotatable bonds is 3. The summed E-state index contributed by atoms with van der Waals surface area (Å²) in [5.41, 5.74) is 0.234. The summed E-state index contributed by atoms with van der Waals surface area (Å²) in [4.78, 5) is 28.4. The zero-order valence-corrected chi connectivity index (χ0v) is 10.3. The molecule has 102 valence electrons. The Morgan fingerprint density at radius 1 is 1.53 bits per heavy atom. The first kappa shape index (κ1) is 13.3. The van der Waals surface area contributed by atoms with Gasteiger partial charge < -0.3 is 19.8 Å². The van der Waals surface area contributed by atoms with Crippen molar-refractivity contribution in [1.29, 1.82) is 0 Å². The molecule has 1 saturated heterocycles. The number of likely N-dealkylation sites (tertiary alicyclic amines) is 1. The average Bonchev–Trinajstić information content (AvgIpc) is 2.80. The number of carboxylic acid groups (broad SMARTS) is 1. The number of β-amino-alcohol motifs (C(OH)–C–C–N with tert-alkyl or cyclic N) is 1. The van der Waals surface area contributed by atoms with E-state index in [2.05, 4.69) is 4.98 Å². The summed E-state index contributed by atoms with van der Waals surface area (Å²) < 4.78 is 5.03. The molecule has 0 spiro atoms. The Labute approximate surface area is 109 Å². The van der Waals surface area contributed by atoms with Crippen molar-refractivity contribution in [3.05, 3.63) is 24.0 Å². The number of carboxylic acids is 1. The van der Waals surface area contributed by atoms with E-state index in [0.29, 0.717) is 0 Å². The number of carbonyl (C=O) groups is 2. The number of aliphatic hydroxyl groups is 1. The summed E-state index contributed by atoms with van der Waals surface area (Å²) in [6.45, 7) is 0.00127. The summed E-state index contributed by atoms with van der Waals surface area (Å²) >= 11 is 0. The molecule has 0 aromatic carbocycles. The van der Waals surface area contributed by atoms with Crippen LogP contribution in [0.2, 0.25) is 0 Å². The van der Waals surface area contributed by atoms with Crippen LogP contribution >= 0.6 is 0 Å². The molecule has 1 aromatic rings. The lowest BCUT2D eigenvalue weighted by Crippen LogP contribution is -2.40. The first-order chi connectivity index (χ1) is 9.04. The molecule has 19 heavy (non-hydrogen) atoms. The van der Waals surface area contributed by atoms with Gasteiger partial charge in [0.1, 0.15) is 11.8 Å². The second-order valence-electron chi connectivity index (χ2n) is 4.28. The van der Waals surface area contributed by atoms with Gasteiger partial charge in [0.2, 0.25) is 0 Å². The fourth-order valence-corrected chi connectivity index (χ4v) is 2.15. The largest absolute Gasteiger partial charge is 0.494 e. The Bertz CT molecular complexity index is 505. The van der Waals surface area contributed by atoms with Crippen molar-refractivity contribution < 1.29 is 24.5 Å². The number of aliphatic carboxylic acids is 1. The van der Waals surface area contributed by atoms with Crippen molar-refractivity contribution in [3.8, 4) is 5.75 Å². The number of aromatic nitrogens is 1. The number of methoxy groups -OCH3 is 1. The Morgan fingerprint density at radius 3 is 2.89 bits per heavy atom. The van der Waals surface area contributed by atoms with Gasteiger partial charge in [-0.05, 0) is 6.07 Å². The molecular formula is C12H14N2O5. The predicted molar refractivity (Wildman–Crippen MR) is 63.9 cm³/mol. The van der Waals surface area contributed by atoms with Crippen molar-refractivity contribution in [1.82, 2.24) is 9.88 Å². The van der Waals surface area contributed by atoms with Crippen LogP contribution < -0.4 is 4.74 Å². The SMILES string of the molecule is COc1cnccc1C(=O)N1C[C@H](O)C[C@@H]1C(=O)O. The number of ether oxygens (including phenoxy) is 1. The van der Waals surface area contributed by atoms with Gasteiger partial charge in [0.15, 0.2) is 0 Å². The minimum absolute atomic E-state index is 0.00127. The molecular weight excluding hydrogens is 252 g/mol. The second kappa shape index (κ2) is 5.23. The molecule has 0 bridgehead atoms. The van der Waals surface area contributed by atoms with Gasteiger partial charge in [-0.15, -0.1) is 0 Å². The number of carbonyl (C=O) groups excluding carboxylic acids is 1. The van der Waals surface area contributed by atoms with Crippen molar-refractivity contribution in [2.75, 3.05) is 13.7 Å². The minimum Gasteiger partial charge on any atom is -0.494 e. The summed E-state index contributed by atoms with van der Waals surface area (Å²) in [6.07, 6.45) is 2.03. The highest BCUT2D eigenvalue weighted by atomic mass is 16.5. The van der Waals surface area contributed by atoms with Crippen LogP contribution in [0, 0.1) is 0 Å². The lowest BCUT2D eigenvalue weighted by atomic mass is 10.1. The van der Waals surface area contributed by atoms with Crippen LogP contribution in [0.3, 0.4) is 0 Å². The Morgan fingerprint density at radius 2 is 2.26 bits per heavy atom. The smallest absolute Gasteiger partial charge is 0.326 e. The third-order valence-electron chi connectivity index (χ3n) is 3.06. The maximum atomic E-state index is 12.3. The number of nitrogens with zero attached hydrogens (tertiary/aromatic N) is 2. The van der Waals surface area contributed by atoms with Gasteiger partial charge in [0.05, 0.1) is 25.0 Å². The minimum atomic E-state index is -1.13. The van der Waals surface area contributed by atoms with Crippen LogP contribution in [0.5, 0.6) is 5.75 Å². The lowest BCUT2D eigenvalue weighted by Gasteiger charge is -2.21. The summed E-state index contributed by atoms with van der Waals surface area (Å²) in [5.74, 6) is -1.33. The van der Waals surface area contributed by atoms with Crippen molar-refractivity contribution in [3.63, 3.8) is 0 Å². The molecule has 0 radical (unpaired) electrons. The van der Waals surface area contributed by atoms with E-state index in [1.807, 2.05) is 0 Å². The first-order valence-electron chi connectivity index (χ1n) is 5.74. The molecule has 2 N–H and O–H groups in total. The molecule has 1 aliphatic rings. The van der Waals surface area contributed by atoms with Crippen LogP contribution in [0.1, 0.15) is 16.8 Å². The van der Waals surface area contributed by atoms with E-state index in [9.17, 15) is 14.7 Å². The first-order valence-corrected chi connectivity index (χ1v) is 5.74. The molecule has 0 unspecified atom stereocenters. The summed E-state index contributed by atoms with van der Waals surface area (Å²) in [6, 6.07) is 0.450. The highest BCUT2D eigenvalue weighted by molar-refractivity contribution is 5.99. The lowest BCUT2D eigenvalue weighted by molar-refractivity contribution is -0.141.